The van der Waals surface area contributed by atoms with Gasteiger partial charge >= 0.3 is 0 Å². The number of aromatic nitrogens is 2. The number of thioether (sulfide) groups is 1. The van der Waals surface area contributed by atoms with Gasteiger partial charge in [-0.25, -0.2) is 13.4 Å². The smallest absolute Gasteiger partial charge is 0.221 e. The normalized spacial score (nSPS) is 11.4. The largest absolute Gasteiger partial charge is 0.369 e. The number of carbonyl (C=O) groups excluding carboxylic acids is 1. The van der Waals surface area contributed by atoms with E-state index in [4.69, 9.17) is 11.1 Å². The van der Waals surface area contributed by atoms with Gasteiger partial charge in [-0.1, -0.05) is 42.1 Å². The number of H-pyrrole nitrogens is 1. The highest BCUT2D eigenvalue weighted by Gasteiger charge is 2.20. The fourth-order valence-corrected chi connectivity index (χ4v) is 3.98. The van der Waals surface area contributed by atoms with Gasteiger partial charge in [0.25, 0.3) is 0 Å². The molecular weight excluding hydrogens is 386 g/mol. The number of rotatable bonds is 6. The zero-order valence-electron chi connectivity index (χ0n) is 14.3. The molecule has 0 aliphatic rings. The molecule has 140 valence electrons. The number of sulfone groups is 1. The van der Waals surface area contributed by atoms with E-state index in [1.807, 2.05) is 30.3 Å². The topological polar surface area (TPSA) is 133 Å². The maximum Gasteiger partial charge on any atom is 0.221 e. The van der Waals surface area contributed by atoms with Gasteiger partial charge in [0, 0.05) is 12.0 Å². The van der Waals surface area contributed by atoms with Crippen LogP contribution in [0.3, 0.4) is 0 Å². The molecule has 0 fully saturated rings. The molecule has 3 aromatic rings. The Balaban J connectivity index is 2.07. The summed E-state index contributed by atoms with van der Waals surface area (Å²) in [5, 5.41) is 8.14. The van der Waals surface area contributed by atoms with Crippen LogP contribution >= 0.6 is 11.8 Å². The number of hydrogen-bond acceptors (Lipinski definition) is 6. The third-order valence-corrected chi connectivity index (χ3v) is 5.83. The van der Waals surface area contributed by atoms with Crippen molar-refractivity contribution in [2.24, 2.45) is 5.73 Å². The number of anilines is 1. The number of aromatic amines is 1. The van der Waals surface area contributed by atoms with Crippen LogP contribution in [0.15, 0.2) is 52.5 Å². The molecule has 2 aromatic carbocycles. The number of amides is 1. The first-order valence-electron chi connectivity index (χ1n) is 7.78. The summed E-state index contributed by atoms with van der Waals surface area (Å²) in [4.78, 5) is 19.8. The Morgan fingerprint density at radius 1 is 1.33 bits per heavy atom. The summed E-state index contributed by atoms with van der Waals surface area (Å²) in [5.41, 5.74) is 7.51. The lowest BCUT2D eigenvalue weighted by atomic mass is 10.2. The standard InChI is InChI=1S/C17H17N5O3S2/c1-27(24,25)12-7-13-15(14(8-12)22(10-23)16(18)19)21-17(20-13)26-9-11-5-3-2-4-6-11/h2-8,10H,9H2,1H3,(H3,18,19)(H,20,21). The fraction of sp³-hybridized carbons (Fsp3) is 0.118. The summed E-state index contributed by atoms with van der Waals surface area (Å²) in [5.74, 6) is 0.136. The number of guanidine groups is 1. The van der Waals surface area contributed by atoms with Crippen molar-refractivity contribution in [2.45, 2.75) is 15.8 Å². The molecule has 0 atom stereocenters. The molecule has 0 unspecified atom stereocenters. The Hall–Kier alpha value is -2.85. The zero-order valence-corrected chi connectivity index (χ0v) is 16.0. The number of hydrogen-bond donors (Lipinski definition) is 3. The van der Waals surface area contributed by atoms with Crippen LogP contribution in [-0.2, 0) is 20.4 Å². The van der Waals surface area contributed by atoms with Gasteiger partial charge < -0.3 is 10.7 Å². The van der Waals surface area contributed by atoms with Crippen molar-refractivity contribution < 1.29 is 13.2 Å². The van der Waals surface area contributed by atoms with Gasteiger partial charge in [0.1, 0.15) is 5.52 Å². The molecular formula is C17H17N5O3S2. The Kier molecular flexibility index (Phi) is 5.19. The van der Waals surface area contributed by atoms with E-state index in [-0.39, 0.29) is 10.6 Å². The van der Waals surface area contributed by atoms with Crippen LogP contribution in [-0.4, -0.2) is 37.0 Å². The van der Waals surface area contributed by atoms with Gasteiger partial charge in [-0.15, -0.1) is 0 Å². The second-order valence-electron chi connectivity index (χ2n) is 5.79. The van der Waals surface area contributed by atoms with Gasteiger partial charge in [0.05, 0.1) is 16.1 Å². The first-order valence-corrected chi connectivity index (χ1v) is 10.7. The maximum absolute atomic E-state index is 12.0. The number of nitrogens with two attached hydrogens (primary N) is 1. The minimum atomic E-state index is -3.54. The van der Waals surface area contributed by atoms with Crippen molar-refractivity contribution in [3.63, 3.8) is 0 Å². The molecule has 0 saturated heterocycles. The van der Waals surface area contributed by atoms with E-state index in [0.717, 1.165) is 16.7 Å². The number of carbonyl (C=O) groups is 1. The average Bonchev–Trinajstić information content (AvgIpc) is 3.03. The van der Waals surface area contributed by atoms with E-state index in [0.29, 0.717) is 28.4 Å². The van der Waals surface area contributed by atoms with E-state index >= 15 is 0 Å². The molecule has 1 heterocycles. The number of nitrogens with zero attached hydrogens (tertiary/aromatic N) is 2. The van der Waals surface area contributed by atoms with Crippen LogP contribution in [0.2, 0.25) is 0 Å². The van der Waals surface area contributed by atoms with Crippen LogP contribution in [0.4, 0.5) is 5.69 Å². The van der Waals surface area contributed by atoms with Crippen molar-refractivity contribution in [2.75, 3.05) is 11.2 Å². The summed E-state index contributed by atoms with van der Waals surface area (Å²) >= 11 is 1.44. The molecule has 0 radical (unpaired) electrons. The van der Waals surface area contributed by atoms with Gasteiger partial charge in [-0.05, 0) is 17.7 Å². The molecule has 3 rings (SSSR count). The minimum absolute atomic E-state index is 0.00126. The second-order valence-corrected chi connectivity index (χ2v) is 8.77. The second kappa shape index (κ2) is 7.41. The Morgan fingerprint density at radius 3 is 2.63 bits per heavy atom. The molecule has 0 aliphatic heterocycles. The van der Waals surface area contributed by atoms with Crippen LogP contribution in [0.25, 0.3) is 11.0 Å². The monoisotopic (exact) mass is 403 g/mol. The molecule has 0 bridgehead atoms. The average molecular weight is 403 g/mol. The molecule has 10 heteroatoms. The predicted molar refractivity (Wildman–Crippen MR) is 106 cm³/mol. The highest BCUT2D eigenvalue weighted by atomic mass is 32.2. The summed E-state index contributed by atoms with van der Waals surface area (Å²) < 4.78 is 24.0. The Labute approximate surface area is 160 Å². The third-order valence-electron chi connectivity index (χ3n) is 3.79. The number of benzene rings is 2. The third kappa shape index (κ3) is 4.12. The lowest BCUT2D eigenvalue weighted by molar-refractivity contribution is -0.106. The van der Waals surface area contributed by atoms with Crippen LogP contribution < -0.4 is 10.6 Å². The first kappa shape index (κ1) is 18.9. The highest BCUT2D eigenvalue weighted by Crippen LogP contribution is 2.31. The lowest BCUT2D eigenvalue weighted by Crippen LogP contribution is -2.35. The summed E-state index contributed by atoms with van der Waals surface area (Å²) in [6, 6.07) is 12.6. The zero-order chi connectivity index (χ0) is 19.6. The van der Waals surface area contributed by atoms with Crippen molar-refractivity contribution in [3.8, 4) is 0 Å². The number of fused-ring (bicyclic) bond motifs is 1. The molecule has 0 spiro atoms. The quantitative estimate of drug-likeness (QED) is 0.250. The Morgan fingerprint density at radius 2 is 2.04 bits per heavy atom. The van der Waals surface area contributed by atoms with E-state index in [2.05, 4.69) is 9.97 Å². The first-order chi connectivity index (χ1) is 12.8. The van der Waals surface area contributed by atoms with Crippen molar-refractivity contribution in [3.05, 3.63) is 48.0 Å². The highest BCUT2D eigenvalue weighted by molar-refractivity contribution is 7.98. The van der Waals surface area contributed by atoms with E-state index in [1.54, 1.807) is 0 Å². The van der Waals surface area contributed by atoms with Crippen molar-refractivity contribution >= 4 is 50.7 Å². The SMILES string of the molecule is CS(=O)(=O)c1cc(N(C=O)C(=N)N)c2nc(SCc3ccccc3)[nH]c2c1. The Bertz CT molecular complexity index is 1110. The summed E-state index contributed by atoms with van der Waals surface area (Å²) in [7, 11) is -3.54. The van der Waals surface area contributed by atoms with Crippen molar-refractivity contribution in [1.29, 1.82) is 5.41 Å². The molecule has 1 aromatic heterocycles. The summed E-state index contributed by atoms with van der Waals surface area (Å²) in [6.45, 7) is 0. The minimum Gasteiger partial charge on any atom is -0.369 e. The molecule has 0 aliphatic carbocycles. The van der Waals surface area contributed by atoms with Crippen LogP contribution in [0, 0.1) is 5.41 Å². The van der Waals surface area contributed by atoms with E-state index in [9.17, 15) is 13.2 Å². The molecule has 8 nitrogen and oxygen atoms in total. The molecule has 1 amide bonds. The van der Waals surface area contributed by atoms with Crippen LogP contribution in [0.1, 0.15) is 5.56 Å². The van der Waals surface area contributed by atoms with Crippen LogP contribution in [0.5, 0.6) is 0 Å². The number of imidazole rings is 1. The van der Waals surface area contributed by atoms with E-state index < -0.39 is 15.8 Å². The molecule has 27 heavy (non-hydrogen) atoms. The lowest BCUT2D eigenvalue weighted by Gasteiger charge is -2.16. The van der Waals surface area contributed by atoms with Gasteiger partial charge in [-0.2, -0.15) is 0 Å². The van der Waals surface area contributed by atoms with Gasteiger partial charge in [0.15, 0.2) is 21.0 Å². The molecule has 0 saturated carbocycles. The number of nitrogens with one attached hydrogen (secondary N) is 2. The van der Waals surface area contributed by atoms with Crippen molar-refractivity contribution in [1.82, 2.24) is 9.97 Å². The fourth-order valence-electron chi connectivity index (χ4n) is 2.49. The summed E-state index contributed by atoms with van der Waals surface area (Å²) in [6.07, 6.45) is 1.42. The molecule has 4 N–H and O–H groups in total. The van der Waals surface area contributed by atoms with E-state index in [1.165, 1.54) is 23.9 Å². The predicted octanol–water partition coefficient (Wildman–Crippen LogP) is 2.11. The van der Waals surface area contributed by atoms with Gasteiger partial charge in [-0.3, -0.25) is 15.1 Å². The maximum atomic E-state index is 12.0. The van der Waals surface area contributed by atoms with Gasteiger partial charge in [0.2, 0.25) is 6.41 Å².